The highest BCUT2D eigenvalue weighted by Gasteiger charge is 2.44. The molecule has 0 radical (unpaired) electrons. The third-order valence-electron chi connectivity index (χ3n) is 9.70. The normalized spacial score (nSPS) is 26.2. The largest absolute Gasteiger partial charge is 0.303 e. The third kappa shape index (κ3) is 7.28. The van der Waals surface area contributed by atoms with Gasteiger partial charge in [0, 0.05) is 18.6 Å². The van der Waals surface area contributed by atoms with Crippen LogP contribution in [0.1, 0.15) is 87.7 Å². The molecule has 1 aliphatic heterocycles. The molecular weight excluding hydrogens is 488 g/mol. The van der Waals surface area contributed by atoms with Crippen LogP contribution >= 0.6 is 0 Å². The number of likely N-dealkylation sites (tertiary alicyclic amines) is 1. The average Bonchev–Trinajstić information content (AvgIpc) is 3.33. The molecule has 2 aromatic carbocycles. The lowest BCUT2D eigenvalue weighted by Gasteiger charge is -2.37. The van der Waals surface area contributed by atoms with Crippen LogP contribution in [0.2, 0.25) is 0 Å². The Morgan fingerprint density at radius 2 is 1.47 bits per heavy atom. The van der Waals surface area contributed by atoms with Gasteiger partial charge in [0.1, 0.15) is 0 Å². The van der Waals surface area contributed by atoms with Gasteiger partial charge in [-0.2, -0.15) is 4.31 Å². The molecule has 2 aliphatic carbocycles. The zero-order valence-electron chi connectivity index (χ0n) is 23.4. The van der Waals surface area contributed by atoms with Gasteiger partial charge < -0.3 is 4.90 Å². The highest BCUT2D eigenvalue weighted by atomic mass is 32.2. The van der Waals surface area contributed by atoms with Crippen molar-refractivity contribution in [3.8, 4) is 0 Å². The van der Waals surface area contributed by atoms with Gasteiger partial charge in [0.25, 0.3) is 0 Å². The van der Waals surface area contributed by atoms with E-state index in [9.17, 15) is 8.42 Å². The second kappa shape index (κ2) is 13.1. The number of hydrogen-bond acceptors (Lipinski definition) is 3. The van der Waals surface area contributed by atoms with Gasteiger partial charge in [-0.3, -0.25) is 0 Å². The van der Waals surface area contributed by atoms with Crippen molar-refractivity contribution in [3.63, 3.8) is 0 Å². The van der Waals surface area contributed by atoms with Crippen molar-refractivity contribution in [2.75, 3.05) is 25.9 Å². The van der Waals surface area contributed by atoms with Crippen molar-refractivity contribution < 1.29 is 8.42 Å². The van der Waals surface area contributed by atoms with Crippen molar-refractivity contribution in [3.05, 3.63) is 71.8 Å². The summed E-state index contributed by atoms with van der Waals surface area (Å²) in [4.78, 5) is 2.70. The number of piperidine rings is 1. The summed E-state index contributed by atoms with van der Waals surface area (Å²) in [6, 6.07) is 22.2. The van der Waals surface area contributed by atoms with Crippen molar-refractivity contribution >= 4 is 10.0 Å². The minimum atomic E-state index is -3.23. The van der Waals surface area contributed by atoms with Crippen molar-refractivity contribution in [1.82, 2.24) is 9.21 Å². The Morgan fingerprint density at radius 3 is 2.13 bits per heavy atom. The fourth-order valence-corrected chi connectivity index (χ4v) is 9.28. The van der Waals surface area contributed by atoms with Crippen LogP contribution in [0.4, 0.5) is 0 Å². The van der Waals surface area contributed by atoms with Gasteiger partial charge in [0.05, 0.1) is 6.26 Å². The van der Waals surface area contributed by atoms with Crippen LogP contribution < -0.4 is 0 Å². The molecule has 0 N–H and O–H groups in total. The molecule has 0 amide bonds. The highest BCUT2D eigenvalue weighted by molar-refractivity contribution is 7.88. The predicted octanol–water partition coefficient (Wildman–Crippen LogP) is 6.88. The number of hydrogen-bond donors (Lipinski definition) is 0. The molecule has 208 valence electrons. The van der Waals surface area contributed by atoms with Crippen LogP contribution in [-0.2, 0) is 16.4 Å². The lowest BCUT2D eigenvalue weighted by Crippen LogP contribution is -2.46. The molecular formula is C33H48N2O2S. The van der Waals surface area contributed by atoms with Crippen LogP contribution in [-0.4, -0.2) is 55.6 Å². The van der Waals surface area contributed by atoms with Gasteiger partial charge in [-0.25, -0.2) is 8.42 Å². The molecule has 5 heteroatoms. The molecule has 0 aromatic heterocycles. The summed E-state index contributed by atoms with van der Waals surface area (Å²) in [7, 11) is -3.23. The van der Waals surface area contributed by atoms with Gasteiger partial charge >= 0.3 is 0 Å². The molecule has 2 saturated carbocycles. The van der Waals surface area contributed by atoms with Gasteiger partial charge in [0.2, 0.25) is 10.0 Å². The van der Waals surface area contributed by atoms with Gasteiger partial charge in [-0.15, -0.1) is 0 Å². The smallest absolute Gasteiger partial charge is 0.211 e. The topological polar surface area (TPSA) is 40.6 Å². The molecule has 3 aliphatic rings. The Morgan fingerprint density at radius 1 is 0.816 bits per heavy atom. The van der Waals surface area contributed by atoms with E-state index in [0.717, 1.165) is 51.0 Å². The number of aryl methyl sites for hydroxylation is 1. The summed E-state index contributed by atoms with van der Waals surface area (Å²) >= 11 is 0. The van der Waals surface area contributed by atoms with E-state index < -0.39 is 10.0 Å². The summed E-state index contributed by atoms with van der Waals surface area (Å²) in [6.45, 7) is 3.49. The zero-order chi connectivity index (χ0) is 26.4. The first-order valence-electron chi connectivity index (χ1n) is 15.3. The predicted molar refractivity (Wildman–Crippen MR) is 158 cm³/mol. The Balaban J connectivity index is 1.20. The van der Waals surface area contributed by atoms with Crippen molar-refractivity contribution in [1.29, 1.82) is 0 Å². The second-order valence-electron chi connectivity index (χ2n) is 12.4. The van der Waals surface area contributed by atoms with E-state index in [1.54, 1.807) is 0 Å². The Kier molecular flexibility index (Phi) is 9.61. The van der Waals surface area contributed by atoms with Crippen LogP contribution in [0.3, 0.4) is 0 Å². The van der Waals surface area contributed by atoms with Crippen molar-refractivity contribution in [2.45, 2.75) is 95.1 Å². The SMILES string of the molecule is CS(=O)(=O)N(C1CCCCC1)C1CC(CN2CCC(CCCc3ccccc3)CC2)C(c2ccccc2)C1. The van der Waals surface area contributed by atoms with Crippen LogP contribution in [0.25, 0.3) is 0 Å². The van der Waals surface area contributed by atoms with Crippen LogP contribution in [0.15, 0.2) is 60.7 Å². The van der Waals surface area contributed by atoms with E-state index >= 15 is 0 Å². The van der Waals surface area contributed by atoms with E-state index in [4.69, 9.17) is 0 Å². The number of rotatable bonds is 10. The molecule has 1 heterocycles. The first-order chi connectivity index (χ1) is 18.5. The molecule has 3 unspecified atom stereocenters. The maximum atomic E-state index is 13.1. The van der Waals surface area contributed by atoms with E-state index in [2.05, 4.69) is 65.6 Å². The first-order valence-corrected chi connectivity index (χ1v) is 17.1. The summed E-state index contributed by atoms with van der Waals surface area (Å²) in [5, 5.41) is 0. The standard InChI is InChI=1S/C33H48N2O2S/c1-38(36,37)35(31-18-9-4-10-19-31)32-24-30(33(25-32)29-16-7-3-8-17-29)26-34-22-20-28(21-23-34)15-11-14-27-12-5-2-6-13-27/h2-3,5-8,12-13,16-17,28,30-33H,4,9-11,14-15,18-26H2,1H3. The summed E-state index contributed by atoms with van der Waals surface area (Å²) in [5.41, 5.74) is 2.86. The lowest BCUT2D eigenvalue weighted by molar-refractivity contribution is 0.147. The lowest BCUT2D eigenvalue weighted by atomic mass is 9.87. The van der Waals surface area contributed by atoms with Gasteiger partial charge in [-0.05, 0) is 93.3 Å². The molecule has 3 atom stereocenters. The summed E-state index contributed by atoms with van der Waals surface area (Å²) in [6.07, 6.45) is 15.5. The van der Waals surface area contributed by atoms with Crippen LogP contribution in [0, 0.1) is 11.8 Å². The summed E-state index contributed by atoms with van der Waals surface area (Å²) < 4.78 is 28.1. The molecule has 3 fully saturated rings. The number of sulfonamides is 1. The molecule has 5 rings (SSSR count). The zero-order valence-corrected chi connectivity index (χ0v) is 24.2. The first kappa shape index (κ1) is 27.9. The Hall–Kier alpha value is -1.69. The van der Waals surface area contributed by atoms with Crippen LogP contribution in [0.5, 0.6) is 0 Å². The average molecular weight is 537 g/mol. The van der Waals surface area contributed by atoms with E-state index in [1.807, 2.05) is 4.31 Å². The number of benzene rings is 2. The molecule has 4 nitrogen and oxygen atoms in total. The van der Waals surface area contributed by atoms with E-state index in [1.165, 1.54) is 69.0 Å². The maximum absolute atomic E-state index is 13.1. The van der Waals surface area contributed by atoms with E-state index in [0.29, 0.717) is 11.8 Å². The fourth-order valence-electron chi connectivity index (χ4n) is 7.82. The second-order valence-corrected chi connectivity index (χ2v) is 14.3. The molecule has 0 spiro atoms. The summed E-state index contributed by atoms with van der Waals surface area (Å²) in [5.74, 6) is 1.81. The molecule has 38 heavy (non-hydrogen) atoms. The third-order valence-corrected chi connectivity index (χ3v) is 11.1. The van der Waals surface area contributed by atoms with Gasteiger partial charge in [0.15, 0.2) is 0 Å². The van der Waals surface area contributed by atoms with Crippen molar-refractivity contribution in [2.24, 2.45) is 11.8 Å². The molecule has 0 bridgehead atoms. The highest BCUT2D eigenvalue weighted by Crippen LogP contribution is 2.45. The maximum Gasteiger partial charge on any atom is 0.211 e. The van der Waals surface area contributed by atoms with Gasteiger partial charge in [-0.1, -0.05) is 86.3 Å². The van der Waals surface area contributed by atoms with E-state index in [-0.39, 0.29) is 12.1 Å². The molecule has 1 saturated heterocycles. The quantitative estimate of drug-likeness (QED) is 0.332. The Bertz CT molecular complexity index is 1080. The Labute approximate surface area is 231 Å². The minimum absolute atomic E-state index is 0.138. The monoisotopic (exact) mass is 536 g/mol. The fraction of sp³-hybridized carbons (Fsp3) is 0.636. The molecule has 2 aromatic rings. The minimum Gasteiger partial charge on any atom is -0.303 e. The number of nitrogens with zero attached hydrogens (tertiary/aromatic N) is 2.